The van der Waals surface area contributed by atoms with Gasteiger partial charge in [-0.1, -0.05) is 6.07 Å². The van der Waals surface area contributed by atoms with Crippen LogP contribution in [0.15, 0.2) is 23.2 Å². The number of likely N-dealkylation sites (tertiary alicyclic amines) is 1. The second-order valence-electron chi connectivity index (χ2n) is 6.50. The molecule has 1 fully saturated rings. The number of nitrogens with zero attached hydrogens (tertiary/aromatic N) is 2. The lowest BCUT2D eigenvalue weighted by molar-refractivity contribution is -0.143. The molecule has 1 unspecified atom stereocenters. The van der Waals surface area contributed by atoms with E-state index in [1.807, 2.05) is 18.2 Å². The van der Waals surface area contributed by atoms with Gasteiger partial charge in [-0.3, -0.25) is 9.89 Å². The molecule has 2 aliphatic heterocycles. The van der Waals surface area contributed by atoms with Gasteiger partial charge in [0.2, 0.25) is 6.79 Å². The first-order valence-corrected chi connectivity index (χ1v) is 8.55. The Hall–Kier alpha value is -1.43. The van der Waals surface area contributed by atoms with Crippen LogP contribution in [0.25, 0.3) is 0 Å². The SMILES string of the molecule is CN=C(NCc1ccc2c(c1)OCO2)NCC1CCN(CC(F)(F)F)C1.I. The number of ether oxygens (including phenoxy) is 2. The molecule has 0 amide bonds. The van der Waals surface area contributed by atoms with Crippen molar-refractivity contribution in [1.82, 2.24) is 15.5 Å². The van der Waals surface area contributed by atoms with Gasteiger partial charge in [-0.25, -0.2) is 0 Å². The highest BCUT2D eigenvalue weighted by molar-refractivity contribution is 14.0. The maximum Gasteiger partial charge on any atom is 0.401 e. The standard InChI is InChI=1S/C17H23F3N4O2.HI/c1-21-16(22-7-12-2-3-14-15(6-12)26-11-25-14)23-8-13-4-5-24(9-13)10-17(18,19)20;/h2-3,6,13H,4-5,7-11H2,1H3,(H2,21,22,23);1H. The molecule has 6 nitrogen and oxygen atoms in total. The smallest absolute Gasteiger partial charge is 0.401 e. The lowest BCUT2D eigenvalue weighted by Crippen LogP contribution is -2.40. The fourth-order valence-electron chi connectivity index (χ4n) is 3.17. The molecule has 1 aromatic rings. The minimum absolute atomic E-state index is 0. The number of hydrogen-bond acceptors (Lipinski definition) is 4. The molecule has 152 valence electrons. The molecule has 2 aliphatic rings. The van der Waals surface area contributed by atoms with Crippen LogP contribution in [0.2, 0.25) is 0 Å². The third-order valence-corrected chi connectivity index (χ3v) is 4.45. The molecule has 10 heteroatoms. The van der Waals surface area contributed by atoms with Gasteiger partial charge in [0.15, 0.2) is 17.5 Å². The molecule has 1 saturated heterocycles. The van der Waals surface area contributed by atoms with E-state index in [9.17, 15) is 13.2 Å². The van der Waals surface area contributed by atoms with Crippen molar-refractivity contribution in [2.24, 2.45) is 10.9 Å². The summed E-state index contributed by atoms with van der Waals surface area (Å²) in [5, 5.41) is 6.39. The maximum atomic E-state index is 12.4. The molecule has 0 saturated carbocycles. The number of nitrogens with one attached hydrogen (secondary N) is 2. The van der Waals surface area contributed by atoms with Crippen molar-refractivity contribution in [2.75, 3.05) is 40.0 Å². The van der Waals surface area contributed by atoms with Gasteiger partial charge in [0.1, 0.15) is 0 Å². The van der Waals surface area contributed by atoms with Gasteiger partial charge in [-0.2, -0.15) is 13.2 Å². The van der Waals surface area contributed by atoms with Crippen molar-refractivity contribution in [3.63, 3.8) is 0 Å². The van der Waals surface area contributed by atoms with Crippen LogP contribution < -0.4 is 20.1 Å². The molecule has 0 bridgehead atoms. The Morgan fingerprint density at radius 2 is 2.04 bits per heavy atom. The second-order valence-corrected chi connectivity index (χ2v) is 6.50. The van der Waals surface area contributed by atoms with Gasteiger partial charge < -0.3 is 20.1 Å². The summed E-state index contributed by atoms with van der Waals surface area (Å²) in [7, 11) is 1.67. The van der Waals surface area contributed by atoms with E-state index in [0.717, 1.165) is 23.5 Å². The van der Waals surface area contributed by atoms with Gasteiger partial charge in [0.25, 0.3) is 0 Å². The number of alkyl halides is 3. The van der Waals surface area contributed by atoms with Gasteiger partial charge in [0.05, 0.1) is 6.54 Å². The third-order valence-electron chi connectivity index (χ3n) is 4.45. The minimum atomic E-state index is -4.13. The molecule has 1 atom stereocenters. The Labute approximate surface area is 173 Å². The first kappa shape index (κ1) is 21.9. The van der Waals surface area contributed by atoms with Crippen molar-refractivity contribution >= 4 is 29.9 Å². The van der Waals surface area contributed by atoms with Gasteiger partial charge in [0, 0.05) is 26.7 Å². The van der Waals surface area contributed by atoms with Crippen molar-refractivity contribution in [2.45, 2.75) is 19.1 Å². The van der Waals surface area contributed by atoms with Crippen molar-refractivity contribution in [3.8, 4) is 11.5 Å². The molecule has 3 rings (SSSR count). The monoisotopic (exact) mass is 500 g/mol. The maximum absolute atomic E-state index is 12.4. The van der Waals surface area contributed by atoms with E-state index >= 15 is 0 Å². The normalized spacial score (nSPS) is 19.7. The van der Waals surface area contributed by atoms with E-state index in [-0.39, 0.29) is 36.7 Å². The van der Waals surface area contributed by atoms with Crippen LogP contribution in [0.5, 0.6) is 11.5 Å². The van der Waals surface area contributed by atoms with Crippen LogP contribution in [0.4, 0.5) is 13.2 Å². The molecule has 2 heterocycles. The Morgan fingerprint density at radius 3 is 2.78 bits per heavy atom. The van der Waals surface area contributed by atoms with Gasteiger partial charge in [-0.15, -0.1) is 24.0 Å². The molecule has 0 aromatic heterocycles. The van der Waals surface area contributed by atoms with Crippen LogP contribution in [0.1, 0.15) is 12.0 Å². The number of aliphatic imine (C=N–C) groups is 1. The molecular weight excluding hydrogens is 476 g/mol. The zero-order valence-electron chi connectivity index (χ0n) is 15.0. The van der Waals surface area contributed by atoms with Crippen LogP contribution in [0.3, 0.4) is 0 Å². The first-order chi connectivity index (χ1) is 12.4. The van der Waals surface area contributed by atoms with E-state index in [4.69, 9.17) is 9.47 Å². The molecule has 0 aliphatic carbocycles. The zero-order valence-corrected chi connectivity index (χ0v) is 17.3. The minimum Gasteiger partial charge on any atom is -0.454 e. The van der Waals surface area contributed by atoms with Crippen LogP contribution in [0, 0.1) is 5.92 Å². The quantitative estimate of drug-likeness (QED) is 0.370. The van der Waals surface area contributed by atoms with E-state index in [2.05, 4.69) is 15.6 Å². The summed E-state index contributed by atoms with van der Waals surface area (Å²) in [4.78, 5) is 5.61. The number of fused-ring (bicyclic) bond motifs is 1. The molecule has 0 radical (unpaired) electrons. The van der Waals surface area contributed by atoms with Gasteiger partial charge >= 0.3 is 6.18 Å². The van der Waals surface area contributed by atoms with Crippen LogP contribution in [-0.4, -0.2) is 57.1 Å². The number of benzene rings is 1. The molecule has 1 aromatic carbocycles. The van der Waals surface area contributed by atoms with E-state index in [1.54, 1.807) is 7.05 Å². The van der Waals surface area contributed by atoms with Gasteiger partial charge in [-0.05, 0) is 36.6 Å². The Morgan fingerprint density at radius 1 is 1.26 bits per heavy atom. The van der Waals surface area contributed by atoms with E-state index in [1.165, 1.54) is 4.90 Å². The van der Waals surface area contributed by atoms with Crippen LogP contribution >= 0.6 is 24.0 Å². The molecule has 0 spiro atoms. The zero-order chi connectivity index (χ0) is 18.6. The molecule has 2 N–H and O–H groups in total. The second kappa shape index (κ2) is 9.67. The van der Waals surface area contributed by atoms with Crippen LogP contribution in [-0.2, 0) is 6.54 Å². The lowest BCUT2D eigenvalue weighted by atomic mass is 10.1. The number of halogens is 4. The average Bonchev–Trinajstić information content (AvgIpc) is 3.22. The summed E-state index contributed by atoms with van der Waals surface area (Å²) >= 11 is 0. The first-order valence-electron chi connectivity index (χ1n) is 8.55. The molecular formula is C17H24F3IN4O2. The number of rotatable bonds is 5. The predicted molar refractivity (Wildman–Crippen MR) is 107 cm³/mol. The lowest BCUT2D eigenvalue weighted by Gasteiger charge is -2.18. The fraction of sp³-hybridized carbons (Fsp3) is 0.588. The highest BCUT2D eigenvalue weighted by atomic mass is 127. The highest BCUT2D eigenvalue weighted by Gasteiger charge is 2.34. The highest BCUT2D eigenvalue weighted by Crippen LogP contribution is 2.32. The largest absolute Gasteiger partial charge is 0.454 e. The Balaban J connectivity index is 0.00000261. The van der Waals surface area contributed by atoms with Crippen molar-refractivity contribution in [3.05, 3.63) is 23.8 Å². The third kappa shape index (κ3) is 6.59. The number of guanidine groups is 1. The van der Waals surface area contributed by atoms with E-state index < -0.39 is 12.7 Å². The van der Waals surface area contributed by atoms with Crippen molar-refractivity contribution in [1.29, 1.82) is 0 Å². The Bertz CT molecular complexity index is 658. The predicted octanol–water partition coefficient (Wildman–Crippen LogP) is 2.58. The fourth-order valence-corrected chi connectivity index (χ4v) is 3.17. The summed E-state index contributed by atoms with van der Waals surface area (Å²) in [5.41, 5.74) is 1.02. The summed E-state index contributed by atoms with van der Waals surface area (Å²) in [6.45, 7) is 1.49. The van der Waals surface area contributed by atoms with Crippen molar-refractivity contribution < 1.29 is 22.6 Å². The summed E-state index contributed by atoms with van der Waals surface area (Å²) in [6, 6.07) is 5.72. The topological polar surface area (TPSA) is 58.1 Å². The summed E-state index contributed by atoms with van der Waals surface area (Å²) in [6.07, 6.45) is -3.38. The van der Waals surface area contributed by atoms with E-state index in [0.29, 0.717) is 32.1 Å². The molecule has 27 heavy (non-hydrogen) atoms. The average molecular weight is 500 g/mol. The summed E-state index contributed by atoms with van der Waals surface area (Å²) in [5.74, 6) is 2.27. The summed E-state index contributed by atoms with van der Waals surface area (Å²) < 4.78 is 48.0. The Kier molecular flexibility index (Phi) is 7.83. The number of hydrogen-bond donors (Lipinski definition) is 2.